The van der Waals surface area contributed by atoms with Crippen molar-refractivity contribution in [2.24, 2.45) is 0 Å². The zero-order valence-corrected chi connectivity index (χ0v) is 13.9. The number of carbonyl (C=O) groups is 2. The molecule has 2 aromatic rings. The lowest BCUT2D eigenvalue weighted by atomic mass is 10.1. The van der Waals surface area contributed by atoms with Crippen LogP contribution in [0.1, 0.15) is 26.4 Å². The summed E-state index contributed by atoms with van der Waals surface area (Å²) >= 11 is 0. The van der Waals surface area contributed by atoms with Crippen molar-refractivity contribution >= 4 is 11.8 Å². The SMILES string of the molecule is CNC(=O)c1ccc[n+](OC)c1C(=O)NCc1ccc2c(c1)OCO2. The van der Waals surface area contributed by atoms with Crippen LogP contribution >= 0.6 is 0 Å². The van der Waals surface area contributed by atoms with E-state index in [1.165, 1.54) is 18.9 Å². The van der Waals surface area contributed by atoms with Gasteiger partial charge in [-0.15, -0.1) is 0 Å². The Morgan fingerprint density at radius 1 is 1.20 bits per heavy atom. The zero-order chi connectivity index (χ0) is 17.8. The maximum absolute atomic E-state index is 12.6. The summed E-state index contributed by atoms with van der Waals surface area (Å²) in [5, 5.41) is 5.30. The number of benzene rings is 1. The third kappa shape index (κ3) is 3.32. The fraction of sp³-hybridized carbons (Fsp3) is 0.235. The van der Waals surface area contributed by atoms with E-state index in [1.807, 2.05) is 6.07 Å². The molecule has 1 aromatic heterocycles. The van der Waals surface area contributed by atoms with E-state index in [-0.39, 0.29) is 30.5 Å². The highest BCUT2D eigenvalue weighted by molar-refractivity contribution is 6.04. The Labute approximate surface area is 144 Å². The fourth-order valence-corrected chi connectivity index (χ4v) is 2.50. The number of ether oxygens (including phenoxy) is 2. The number of rotatable bonds is 5. The van der Waals surface area contributed by atoms with Gasteiger partial charge in [-0.25, -0.2) is 0 Å². The molecule has 8 heteroatoms. The number of aromatic nitrogens is 1. The molecule has 0 aliphatic carbocycles. The van der Waals surface area contributed by atoms with E-state index in [2.05, 4.69) is 10.6 Å². The van der Waals surface area contributed by atoms with E-state index in [4.69, 9.17) is 14.3 Å². The van der Waals surface area contributed by atoms with E-state index >= 15 is 0 Å². The molecule has 2 amide bonds. The summed E-state index contributed by atoms with van der Waals surface area (Å²) < 4.78 is 11.8. The van der Waals surface area contributed by atoms with Crippen molar-refractivity contribution in [1.29, 1.82) is 0 Å². The monoisotopic (exact) mass is 344 g/mol. The predicted molar refractivity (Wildman–Crippen MR) is 86.3 cm³/mol. The molecule has 0 spiro atoms. The van der Waals surface area contributed by atoms with Crippen molar-refractivity contribution in [1.82, 2.24) is 10.6 Å². The summed E-state index contributed by atoms with van der Waals surface area (Å²) in [7, 11) is 2.92. The second kappa shape index (κ2) is 7.08. The smallest absolute Gasteiger partial charge is 0.334 e. The van der Waals surface area contributed by atoms with Crippen molar-refractivity contribution in [3.05, 3.63) is 53.3 Å². The summed E-state index contributed by atoms with van der Waals surface area (Å²) in [5.74, 6) is 0.514. The standard InChI is InChI=1S/C17H17N3O5/c1-18-16(21)12-4-3-7-20(23-2)15(12)17(22)19-9-11-5-6-13-14(8-11)25-10-24-13/h3-8H,9-10H2,1-2H3,(H-,18,19,21,22)/p+1. The molecule has 1 aromatic carbocycles. The summed E-state index contributed by atoms with van der Waals surface area (Å²) in [6.45, 7) is 0.458. The molecule has 0 unspecified atom stereocenters. The van der Waals surface area contributed by atoms with Gasteiger partial charge in [-0.05, 0) is 23.8 Å². The average Bonchev–Trinajstić information content (AvgIpc) is 3.12. The maximum Gasteiger partial charge on any atom is 0.334 e. The number of hydrogen-bond donors (Lipinski definition) is 2. The molecule has 1 aliphatic rings. The minimum absolute atomic E-state index is 0.116. The second-order valence-electron chi connectivity index (χ2n) is 5.23. The Morgan fingerprint density at radius 3 is 2.76 bits per heavy atom. The van der Waals surface area contributed by atoms with Gasteiger partial charge in [0.15, 0.2) is 11.5 Å². The zero-order valence-electron chi connectivity index (χ0n) is 13.9. The van der Waals surface area contributed by atoms with Crippen molar-refractivity contribution in [2.45, 2.75) is 6.54 Å². The normalized spacial score (nSPS) is 11.8. The van der Waals surface area contributed by atoms with E-state index in [1.54, 1.807) is 30.5 Å². The molecule has 2 N–H and O–H groups in total. The van der Waals surface area contributed by atoms with Crippen LogP contribution in [-0.4, -0.2) is 32.8 Å². The molecule has 130 valence electrons. The minimum atomic E-state index is -0.432. The third-order valence-electron chi connectivity index (χ3n) is 3.73. The second-order valence-corrected chi connectivity index (χ2v) is 5.23. The number of carbonyl (C=O) groups excluding carboxylic acids is 2. The summed E-state index contributed by atoms with van der Waals surface area (Å²) in [6.07, 6.45) is 1.56. The van der Waals surface area contributed by atoms with Gasteiger partial charge in [-0.2, -0.15) is 0 Å². The molecule has 0 fully saturated rings. The summed E-state index contributed by atoms with van der Waals surface area (Å²) in [5.41, 5.74) is 1.18. The first-order valence-corrected chi connectivity index (χ1v) is 7.62. The van der Waals surface area contributed by atoms with Crippen LogP contribution in [0.3, 0.4) is 0 Å². The Hall–Kier alpha value is -3.29. The maximum atomic E-state index is 12.6. The molecule has 25 heavy (non-hydrogen) atoms. The Kier molecular flexibility index (Phi) is 4.69. The first kappa shape index (κ1) is 16.6. The van der Waals surface area contributed by atoms with Crippen molar-refractivity contribution in [3.63, 3.8) is 0 Å². The highest BCUT2D eigenvalue weighted by atomic mass is 16.7. The van der Waals surface area contributed by atoms with Gasteiger partial charge in [-0.1, -0.05) is 6.07 Å². The van der Waals surface area contributed by atoms with E-state index < -0.39 is 5.91 Å². The van der Waals surface area contributed by atoms with Gasteiger partial charge >= 0.3 is 11.6 Å². The molecule has 1 aliphatic heterocycles. The number of fused-ring (bicyclic) bond motifs is 1. The van der Waals surface area contributed by atoms with Crippen LogP contribution in [0.2, 0.25) is 0 Å². The van der Waals surface area contributed by atoms with E-state index in [0.717, 1.165) is 5.56 Å². The number of hydrogen-bond acceptors (Lipinski definition) is 5. The van der Waals surface area contributed by atoms with Crippen LogP contribution in [0, 0.1) is 0 Å². The first-order valence-electron chi connectivity index (χ1n) is 7.62. The van der Waals surface area contributed by atoms with Crippen LogP contribution in [0.4, 0.5) is 0 Å². The van der Waals surface area contributed by atoms with Gasteiger partial charge in [0.25, 0.3) is 5.91 Å². The van der Waals surface area contributed by atoms with Crippen LogP contribution in [0.5, 0.6) is 11.5 Å². The summed E-state index contributed by atoms with van der Waals surface area (Å²) in [4.78, 5) is 29.8. The van der Waals surface area contributed by atoms with Gasteiger partial charge in [0.05, 0.1) is 0 Å². The molecule has 0 saturated heterocycles. The molecule has 0 saturated carbocycles. The van der Waals surface area contributed by atoms with Crippen LogP contribution in [0.15, 0.2) is 36.5 Å². The highest BCUT2D eigenvalue weighted by Crippen LogP contribution is 2.32. The largest absolute Gasteiger partial charge is 0.454 e. The van der Waals surface area contributed by atoms with Crippen LogP contribution in [0.25, 0.3) is 0 Å². The van der Waals surface area contributed by atoms with E-state index in [0.29, 0.717) is 11.5 Å². The van der Waals surface area contributed by atoms with Crippen molar-refractivity contribution in [3.8, 4) is 11.5 Å². The lowest BCUT2D eigenvalue weighted by Gasteiger charge is -2.08. The molecule has 0 atom stereocenters. The molecular formula is C17H18N3O5+. The Morgan fingerprint density at radius 2 is 2.00 bits per heavy atom. The molecule has 8 nitrogen and oxygen atoms in total. The summed E-state index contributed by atoms with van der Waals surface area (Å²) in [6, 6.07) is 8.62. The Balaban J connectivity index is 1.80. The van der Waals surface area contributed by atoms with Crippen LogP contribution in [-0.2, 0) is 6.54 Å². The molecule has 0 bridgehead atoms. The number of pyridine rings is 1. The van der Waals surface area contributed by atoms with Gasteiger partial charge in [0.2, 0.25) is 13.0 Å². The quantitative estimate of drug-likeness (QED) is 0.748. The topological polar surface area (TPSA) is 89.8 Å². The minimum Gasteiger partial charge on any atom is -0.454 e. The fourth-order valence-electron chi connectivity index (χ4n) is 2.50. The lowest BCUT2D eigenvalue weighted by Crippen LogP contribution is -2.50. The average molecular weight is 344 g/mol. The lowest BCUT2D eigenvalue weighted by molar-refractivity contribution is -0.886. The van der Waals surface area contributed by atoms with Crippen LogP contribution < -0.4 is 29.7 Å². The molecule has 0 radical (unpaired) electrons. The number of nitrogens with one attached hydrogen (secondary N) is 2. The predicted octanol–water partition coefficient (Wildman–Crippen LogP) is 0.0508. The van der Waals surface area contributed by atoms with Crippen molar-refractivity contribution in [2.75, 3.05) is 21.0 Å². The van der Waals surface area contributed by atoms with Gasteiger partial charge < -0.3 is 20.1 Å². The van der Waals surface area contributed by atoms with E-state index in [9.17, 15) is 9.59 Å². The van der Waals surface area contributed by atoms with Gasteiger partial charge in [-0.3, -0.25) is 14.4 Å². The highest BCUT2D eigenvalue weighted by Gasteiger charge is 2.29. The van der Waals surface area contributed by atoms with Gasteiger partial charge in [0.1, 0.15) is 12.7 Å². The first-order chi connectivity index (χ1) is 12.1. The molecule has 3 rings (SSSR count). The Bertz CT molecular complexity index is 822. The third-order valence-corrected chi connectivity index (χ3v) is 3.73. The van der Waals surface area contributed by atoms with Crippen molar-refractivity contribution < 1.29 is 28.6 Å². The number of amides is 2. The molecular weight excluding hydrogens is 326 g/mol. The molecule has 2 heterocycles. The number of nitrogens with zero attached hydrogens (tertiary/aromatic N) is 1. The van der Waals surface area contributed by atoms with Gasteiger partial charge in [0, 0.05) is 24.4 Å².